The van der Waals surface area contributed by atoms with E-state index in [9.17, 15) is 13.2 Å². The molecular weight excluding hydrogens is 171 g/mol. The van der Waals surface area contributed by atoms with E-state index in [4.69, 9.17) is 5.73 Å². The third-order valence-electron chi connectivity index (χ3n) is 1.42. The average molecular weight is 179 g/mol. The Labute approximate surface area is 66.8 Å². The smallest absolute Gasteiger partial charge is 0.348 e. The van der Waals surface area contributed by atoms with Gasteiger partial charge < -0.3 is 10.7 Å². The fourth-order valence-corrected chi connectivity index (χ4v) is 0.749. The van der Waals surface area contributed by atoms with Crippen LogP contribution in [0.2, 0.25) is 0 Å². The van der Waals surface area contributed by atoms with Crippen LogP contribution in [0.25, 0.3) is 0 Å². The molecule has 0 aliphatic carbocycles. The number of nitrogens with two attached hydrogens (primary N) is 1. The van der Waals surface area contributed by atoms with E-state index in [1.165, 1.54) is 12.5 Å². The lowest BCUT2D eigenvalue weighted by Gasteiger charge is -2.13. The first kappa shape index (κ1) is 9.05. The fourth-order valence-electron chi connectivity index (χ4n) is 0.749. The van der Waals surface area contributed by atoms with Gasteiger partial charge in [0.25, 0.3) is 0 Å². The second-order valence-electron chi connectivity index (χ2n) is 2.43. The molecule has 12 heavy (non-hydrogen) atoms. The summed E-state index contributed by atoms with van der Waals surface area (Å²) in [6, 6.07) is -1.82. The maximum absolute atomic E-state index is 11.9. The van der Waals surface area contributed by atoms with Gasteiger partial charge in [-0.15, -0.1) is 0 Å². The zero-order valence-corrected chi connectivity index (χ0v) is 6.10. The summed E-state index contributed by atoms with van der Waals surface area (Å²) in [6.07, 6.45) is -1.96. The minimum absolute atomic E-state index is 0.260. The molecule has 0 radical (unpaired) electrons. The molecule has 3 N–H and O–H groups in total. The van der Waals surface area contributed by atoms with E-state index in [0.717, 1.165) is 0 Å². The molecule has 0 bridgehead atoms. The van der Waals surface area contributed by atoms with Gasteiger partial charge in [-0.25, -0.2) is 4.98 Å². The summed E-state index contributed by atoms with van der Waals surface area (Å²) < 4.78 is 35.6. The summed E-state index contributed by atoms with van der Waals surface area (Å²) >= 11 is 0. The molecule has 6 heteroatoms. The molecule has 0 spiro atoms. The van der Waals surface area contributed by atoms with Crippen molar-refractivity contribution in [2.24, 2.45) is 5.73 Å². The van der Waals surface area contributed by atoms with Crippen LogP contribution in [0, 0.1) is 0 Å². The number of aromatic amines is 1. The standard InChI is InChI=1S/C6H8F3N3/c7-6(8,9)5(10)1-4-2-11-3-12-4/h2-3,5H,1,10H2,(H,11,12)/t5-/m1/s1. The van der Waals surface area contributed by atoms with E-state index in [1.807, 2.05) is 0 Å². The topological polar surface area (TPSA) is 54.7 Å². The first-order valence-corrected chi connectivity index (χ1v) is 3.29. The SMILES string of the molecule is N[C@H](Cc1cnc[nH]1)C(F)(F)F. The molecule has 1 aromatic rings. The first-order valence-electron chi connectivity index (χ1n) is 3.29. The van der Waals surface area contributed by atoms with E-state index in [-0.39, 0.29) is 6.42 Å². The molecule has 1 atom stereocenters. The van der Waals surface area contributed by atoms with Crippen molar-refractivity contribution in [3.8, 4) is 0 Å². The predicted octanol–water partition coefficient (Wildman–Crippen LogP) is 0.842. The van der Waals surface area contributed by atoms with Crippen molar-refractivity contribution in [2.45, 2.75) is 18.6 Å². The highest BCUT2D eigenvalue weighted by Crippen LogP contribution is 2.20. The molecule has 0 aliphatic rings. The largest absolute Gasteiger partial charge is 0.404 e. The van der Waals surface area contributed by atoms with Crippen molar-refractivity contribution in [2.75, 3.05) is 0 Å². The Kier molecular flexibility index (Phi) is 2.37. The van der Waals surface area contributed by atoms with E-state index >= 15 is 0 Å². The van der Waals surface area contributed by atoms with Gasteiger partial charge in [-0.2, -0.15) is 13.2 Å². The predicted molar refractivity (Wildman–Crippen MR) is 36.3 cm³/mol. The van der Waals surface area contributed by atoms with Gasteiger partial charge in [0.05, 0.1) is 6.33 Å². The third kappa shape index (κ3) is 2.23. The van der Waals surface area contributed by atoms with Gasteiger partial charge in [-0.05, 0) is 0 Å². The lowest BCUT2D eigenvalue weighted by molar-refractivity contribution is -0.147. The van der Waals surface area contributed by atoms with Crippen LogP contribution in [-0.2, 0) is 6.42 Å². The molecule has 0 saturated heterocycles. The number of aromatic nitrogens is 2. The van der Waals surface area contributed by atoms with Crippen molar-refractivity contribution >= 4 is 0 Å². The van der Waals surface area contributed by atoms with Gasteiger partial charge in [0.15, 0.2) is 0 Å². The molecule has 0 unspecified atom stereocenters. The van der Waals surface area contributed by atoms with Gasteiger partial charge in [-0.3, -0.25) is 0 Å². The zero-order chi connectivity index (χ0) is 9.19. The number of nitrogens with one attached hydrogen (secondary N) is 1. The molecule has 1 rings (SSSR count). The molecule has 68 valence electrons. The Hall–Kier alpha value is -1.04. The zero-order valence-electron chi connectivity index (χ0n) is 6.10. The normalized spacial score (nSPS) is 14.7. The van der Waals surface area contributed by atoms with Crippen molar-refractivity contribution in [1.82, 2.24) is 9.97 Å². The summed E-state index contributed by atoms with van der Waals surface area (Å²) in [5.41, 5.74) is 5.26. The summed E-state index contributed by atoms with van der Waals surface area (Å²) in [5.74, 6) is 0. The van der Waals surface area contributed by atoms with E-state index in [0.29, 0.717) is 5.69 Å². The van der Waals surface area contributed by atoms with Gasteiger partial charge in [-0.1, -0.05) is 0 Å². The Morgan fingerprint density at radius 3 is 2.67 bits per heavy atom. The Morgan fingerprint density at radius 2 is 2.25 bits per heavy atom. The van der Waals surface area contributed by atoms with Gasteiger partial charge in [0.1, 0.15) is 6.04 Å². The number of nitrogens with zero attached hydrogens (tertiary/aromatic N) is 1. The molecule has 1 heterocycles. The minimum Gasteiger partial charge on any atom is -0.348 e. The minimum atomic E-state index is -4.34. The Balaban J connectivity index is 2.53. The third-order valence-corrected chi connectivity index (χ3v) is 1.42. The summed E-state index contributed by atoms with van der Waals surface area (Å²) in [5, 5.41) is 0. The van der Waals surface area contributed by atoms with Crippen molar-refractivity contribution in [3.63, 3.8) is 0 Å². The number of H-pyrrole nitrogens is 1. The van der Waals surface area contributed by atoms with Gasteiger partial charge >= 0.3 is 6.18 Å². The number of rotatable bonds is 2. The highest BCUT2D eigenvalue weighted by Gasteiger charge is 2.36. The number of imidazole rings is 1. The highest BCUT2D eigenvalue weighted by molar-refractivity contribution is 4.98. The van der Waals surface area contributed by atoms with Gasteiger partial charge in [0.2, 0.25) is 0 Å². The molecule has 1 aromatic heterocycles. The van der Waals surface area contributed by atoms with E-state index in [2.05, 4.69) is 9.97 Å². The maximum Gasteiger partial charge on any atom is 0.404 e. The lowest BCUT2D eigenvalue weighted by atomic mass is 10.2. The van der Waals surface area contributed by atoms with Crippen LogP contribution in [0.1, 0.15) is 5.69 Å². The van der Waals surface area contributed by atoms with Crippen LogP contribution in [0.4, 0.5) is 13.2 Å². The Morgan fingerprint density at radius 1 is 1.58 bits per heavy atom. The monoisotopic (exact) mass is 179 g/mol. The van der Waals surface area contributed by atoms with Crippen molar-refractivity contribution in [1.29, 1.82) is 0 Å². The van der Waals surface area contributed by atoms with Crippen LogP contribution in [0.5, 0.6) is 0 Å². The summed E-state index contributed by atoms with van der Waals surface area (Å²) in [4.78, 5) is 6.13. The van der Waals surface area contributed by atoms with Crippen LogP contribution in [-0.4, -0.2) is 22.2 Å². The van der Waals surface area contributed by atoms with Gasteiger partial charge in [0, 0.05) is 18.3 Å². The maximum atomic E-state index is 11.9. The molecule has 0 fully saturated rings. The lowest BCUT2D eigenvalue weighted by Crippen LogP contribution is -2.39. The molecule has 0 aliphatic heterocycles. The van der Waals surface area contributed by atoms with E-state index in [1.54, 1.807) is 0 Å². The quantitative estimate of drug-likeness (QED) is 0.706. The van der Waals surface area contributed by atoms with Crippen LogP contribution in [0.3, 0.4) is 0 Å². The average Bonchev–Trinajstić information content (AvgIpc) is 2.37. The van der Waals surface area contributed by atoms with Crippen LogP contribution >= 0.6 is 0 Å². The molecule has 0 saturated carbocycles. The number of hydrogen-bond acceptors (Lipinski definition) is 2. The Bertz CT molecular complexity index is 229. The second-order valence-corrected chi connectivity index (χ2v) is 2.43. The molecule has 0 aromatic carbocycles. The fraction of sp³-hybridized carbons (Fsp3) is 0.500. The number of halogens is 3. The number of hydrogen-bond donors (Lipinski definition) is 2. The van der Waals surface area contributed by atoms with Crippen LogP contribution in [0.15, 0.2) is 12.5 Å². The summed E-state index contributed by atoms with van der Waals surface area (Å²) in [6.45, 7) is 0. The molecular formula is C6H8F3N3. The first-order chi connectivity index (χ1) is 5.50. The van der Waals surface area contributed by atoms with Crippen molar-refractivity contribution < 1.29 is 13.2 Å². The highest BCUT2D eigenvalue weighted by atomic mass is 19.4. The number of alkyl halides is 3. The second kappa shape index (κ2) is 3.14. The molecule has 0 amide bonds. The summed E-state index contributed by atoms with van der Waals surface area (Å²) in [7, 11) is 0. The van der Waals surface area contributed by atoms with Crippen molar-refractivity contribution in [3.05, 3.63) is 18.2 Å². The van der Waals surface area contributed by atoms with E-state index < -0.39 is 12.2 Å². The molecule has 3 nitrogen and oxygen atoms in total. The van der Waals surface area contributed by atoms with Crippen LogP contribution < -0.4 is 5.73 Å².